The topological polar surface area (TPSA) is 60.3 Å². The number of nitrogens with one attached hydrogen (secondary N) is 1. The van der Waals surface area contributed by atoms with Crippen molar-refractivity contribution in [1.29, 1.82) is 0 Å². The van der Waals surface area contributed by atoms with Crippen molar-refractivity contribution in [2.24, 2.45) is 0 Å². The molecule has 0 fully saturated rings. The molecule has 0 bridgehead atoms. The summed E-state index contributed by atoms with van der Waals surface area (Å²) < 4.78 is 43.8. The maximum Gasteiger partial charge on any atom is 0.417 e. The fraction of sp³-hybridized carbons (Fsp3) is 0.294. The van der Waals surface area contributed by atoms with Crippen LogP contribution in [0.25, 0.3) is 0 Å². The highest BCUT2D eigenvalue weighted by molar-refractivity contribution is 5.75. The molecule has 1 heterocycles. The van der Waals surface area contributed by atoms with Crippen LogP contribution >= 0.6 is 0 Å². The minimum atomic E-state index is -4.57. The second-order valence-corrected chi connectivity index (χ2v) is 5.33. The number of amides is 1. The van der Waals surface area contributed by atoms with Gasteiger partial charge in [0.05, 0.1) is 12.7 Å². The summed E-state index contributed by atoms with van der Waals surface area (Å²) in [4.78, 5) is 23.4. The highest BCUT2D eigenvalue weighted by atomic mass is 19.4. The van der Waals surface area contributed by atoms with E-state index in [1.54, 1.807) is 19.2 Å². The van der Waals surface area contributed by atoms with Crippen LogP contribution in [0.2, 0.25) is 0 Å². The van der Waals surface area contributed by atoms with E-state index >= 15 is 0 Å². The van der Waals surface area contributed by atoms with Crippen molar-refractivity contribution in [2.75, 3.05) is 13.7 Å². The first-order chi connectivity index (χ1) is 11.8. The molecule has 2 aromatic rings. The number of hydrogen-bond donors (Lipinski definition) is 1. The molecule has 1 N–H and O–H groups in total. The maximum absolute atomic E-state index is 12.7. The Morgan fingerprint density at radius 2 is 1.84 bits per heavy atom. The molecule has 0 saturated carbocycles. The van der Waals surface area contributed by atoms with Gasteiger partial charge in [-0.3, -0.25) is 9.59 Å². The van der Waals surface area contributed by atoms with Crippen LogP contribution in [0.4, 0.5) is 13.2 Å². The van der Waals surface area contributed by atoms with Gasteiger partial charge in [-0.1, -0.05) is 12.1 Å². The summed E-state index contributed by atoms with van der Waals surface area (Å²) in [5.41, 5.74) is -0.672. The van der Waals surface area contributed by atoms with Crippen LogP contribution in [0.5, 0.6) is 5.75 Å². The van der Waals surface area contributed by atoms with E-state index < -0.39 is 29.8 Å². The van der Waals surface area contributed by atoms with Crippen LogP contribution in [-0.4, -0.2) is 24.1 Å². The van der Waals surface area contributed by atoms with Crippen molar-refractivity contribution in [3.63, 3.8) is 0 Å². The van der Waals surface area contributed by atoms with Crippen LogP contribution in [-0.2, 0) is 23.9 Å². The zero-order valence-corrected chi connectivity index (χ0v) is 13.5. The van der Waals surface area contributed by atoms with Crippen LogP contribution in [0.3, 0.4) is 0 Å². The zero-order valence-electron chi connectivity index (χ0n) is 13.5. The van der Waals surface area contributed by atoms with E-state index in [2.05, 4.69) is 5.32 Å². The minimum Gasteiger partial charge on any atom is -0.497 e. The molecule has 25 heavy (non-hydrogen) atoms. The predicted octanol–water partition coefficient (Wildman–Crippen LogP) is 2.23. The number of nitrogens with zero attached hydrogens (tertiary/aromatic N) is 1. The van der Waals surface area contributed by atoms with E-state index in [1.165, 1.54) is 0 Å². The van der Waals surface area contributed by atoms with E-state index in [9.17, 15) is 22.8 Å². The SMILES string of the molecule is COc1ccc(CCNC(=O)Cn2cc(C(F)(F)F)ccc2=O)cc1. The zero-order chi connectivity index (χ0) is 18.4. The fourth-order valence-corrected chi connectivity index (χ4v) is 2.17. The molecule has 134 valence electrons. The molecule has 0 saturated heterocycles. The first-order valence-electron chi connectivity index (χ1n) is 7.47. The number of pyridine rings is 1. The Labute approximate surface area is 142 Å². The number of carbonyl (C=O) groups is 1. The van der Waals surface area contributed by atoms with E-state index in [0.717, 1.165) is 21.9 Å². The van der Waals surface area contributed by atoms with Crippen LogP contribution in [0.1, 0.15) is 11.1 Å². The summed E-state index contributed by atoms with van der Waals surface area (Å²) in [5.74, 6) is 0.187. The molecule has 0 aliphatic rings. The molecule has 0 aliphatic heterocycles. The normalized spacial score (nSPS) is 11.2. The van der Waals surface area contributed by atoms with Gasteiger partial charge in [-0.05, 0) is 30.2 Å². The Hall–Kier alpha value is -2.77. The van der Waals surface area contributed by atoms with Crippen molar-refractivity contribution in [1.82, 2.24) is 9.88 Å². The van der Waals surface area contributed by atoms with Gasteiger partial charge in [0.25, 0.3) is 5.56 Å². The molecule has 5 nitrogen and oxygen atoms in total. The van der Waals surface area contributed by atoms with Crippen LogP contribution in [0, 0.1) is 0 Å². The number of aromatic nitrogens is 1. The number of halogens is 3. The number of carbonyl (C=O) groups excluding carboxylic acids is 1. The first kappa shape index (κ1) is 18.6. The van der Waals surface area contributed by atoms with Crippen LogP contribution in [0.15, 0.2) is 47.4 Å². The number of ether oxygens (including phenoxy) is 1. The molecule has 0 radical (unpaired) electrons. The second kappa shape index (κ2) is 7.87. The number of hydrogen-bond acceptors (Lipinski definition) is 3. The highest BCUT2D eigenvalue weighted by Crippen LogP contribution is 2.27. The van der Waals surface area contributed by atoms with Gasteiger partial charge in [0, 0.05) is 18.8 Å². The summed E-state index contributed by atoms with van der Waals surface area (Å²) >= 11 is 0. The van der Waals surface area contributed by atoms with E-state index in [0.29, 0.717) is 25.2 Å². The number of benzene rings is 1. The Kier molecular flexibility index (Phi) is 5.84. The number of alkyl halides is 3. The van der Waals surface area contributed by atoms with Crippen molar-refractivity contribution in [3.05, 3.63) is 64.1 Å². The summed E-state index contributed by atoms with van der Waals surface area (Å²) in [6.07, 6.45) is -3.38. The third-order valence-electron chi connectivity index (χ3n) is 3.52. The van der Waals surface area contributed by atoms with E-state index in [1.807, 2.05) is 12.1 Å². The van der Waals surface area contributed by atoms with Crippen LogP contribution < -0.4 is 15.6 Å². The summed E-state index contributed by atoms with van der Waals surface area (Å²) in [6, 6.07) is 8.77. The molecule has 1 aromatic heterocycles. The first-order valence-corrected chi connectivity index (χ1v) is 7.47. The van der Waals surface area contributed by atoms with Gasteiger partial charge in [0.15, 0.2) is 0 Å². The third-order valence-corrected chi connectivity index (χ3v) is 3.52. The second-order valence-electron chi connectivity index (χ2n) is 5.33. The molecule has 1 amide bonds. The lowest BCUT2D eigenvalue weighted by Crippen LogP contribution is -2.33. The standard InChI is InChI=1S/C17H17F3N2O3/c1-25-14-5-2-12(3-6-14)8-9-21-15(23)11-22-10-13(17(18,19)20)4-7-16(22)24/h2-7,10H,8-9,11H2,1H3,(H,21,23). The van der Waals surface area contributed by atoms with Gasteiger partial charge >= 0.3 is 6.18 Å². The average Bonchev–Trinajstić information content (AvgIpc) is 2.56. The van der Waals surface area contributed by atoms with Gasteiger partial charge in [-0.15, -0.1) is 0 Å². The van der Waals surface area contributed by atoms with Gasteiger partial charge in [-0.2, -0.15) is 13.2 Å². The molecular formula is C17H17F3N2O3. The lowest BCUT2D eigenvalue weighted by molar-refractivity contribution is -0.138. The van der Waals surface area contributed by atoms with E-state index in [-0.39, 0.29) is 0 Å². The fourth-order valence-electron chi connectivity index (χ4n) is 2.17. The highest BCUT2D eigenvalue weighted by Gasteiger charge is 2.31. The van der Waals surface area contributed by atoms with Crippen molar-refractivity contribution in [3.8, 4) is 5.75 Å². The Balaban J connectivity index is 1.90. The lowest BCUT2D eigenvalue weighted by atomic mass is 10.1. The van der Waals surface area contributed by atoms with Gasteiger partial charge < -0.3 is 14.6 Å². The number of methoxy groups -OCH3 is 1. The Bertz CT molecular complexity index is 783. The Morgan fingerprint density at radius 3 is 2.44 bits per heavy atom. The Morgan fingerprint density at radius 1 is 1.16 bits per heavy atom. The largest absolute Gasteiger partial charge is 0.497 e. The quantitative estimate of drug-likeness (QED) is 0.866. The van der Waals surface area contributed by atoms with Gasteiger partial charge in [0.1, 0.15) is 12.3 Å². The molecule has 0 atom stereocenters. The van der Waals surface area contributed by atoms with Gasteiger partial charge in [0.2, 0.25) is 5.91 Å². The van der Waals surface area contributed by atoms with Crippen molar-refractivity contribution in [2.45, 2.75) is 19.1 Å². The van der Waals surface area contributed by atoms with Crippen molar-refractivity contribution < 1.29 is 22.7 Å². The van der Waals surface area contributed by atoms with E-state index in [4.69, 9.17) is 4.74 Å². The monoisotopic (exact) mass is 354 g/mol. The molecule has 1 aromatic carbocycles. The summed E-state index contributed by atoms with van der Waals surface area (Å²) in [5, 5.41) is 2.58. The maximum atomic E-state index is 12.7. The molecule has 8 heteroatoms. The summed E-state index contributed by atoms with van der Waals surface area (Å²) in [7, 11) is 1.56. The molecule has 0 aliphatic carbocycles. The molecular weight excluding hydrogens is 337 g/mol. The molecule has 0 unspecified atom stereocenters. The minimum absolute atomic E-state index is 0.304. The molecule has 0 spiro atoms. The summed E-state index contributed by atoms with van der Waals surface area (Å²) in [6.45, 7) is -0.162. The number of rotatable bonds is 6. The predicted molar refractivity (Wildman–Crippen MR) is 85.4 cm³/mol. The van der Waals surface area contributed by atoms with Crippen molar-refractivity contribution >= 4 is 5.91 Å². The smallest absolute Gasteiger partial charge is 0.417 e. The molecule has 2 rings (SSSR count). The lowest BCUT2D eigenvalue weighted by Gasteiger charge is -2.11. The third kappa shape index (κ3) is 5.37. The van der Waals surface area contributed by atoms with Gasteiger partial charge in [-0.25, -0.2) is 0 Å². The average molecular weight is 354 g/mol.